The molecule has 1 amide bonds. The van der Waals surface area contributed by atoms with Crippen molar-refractivity contribution >= 4 is 5.91 Å². The van der Waals surface area contributed by atoms with E-state index in [-0.39, 0.29) is 17.9 Å². The van der Waals surface area contributed by atoms with Gasteiger partial charge in [-0.05, 0) is 39.0 Å². The largest absolute Gasteiger partial charge is 0.340 e. The van der Waals surface area contributed by atoms with Gasteiger partial charge in [-0.3, -0.25) is 9.69 Å². The number of hydrogen-bond donors (Lipinski definition) is 1. The Morgan fingerprint density at radius 3 is 2.32 bits per heavy atom. The molecule has 0 saturated carbocycles. The fourth-order valence-electron chi connectivity index (χ4n) is 3.65. The molecule has 0 aromatic carbocycles. The Hall–Kier alpha value is -0.610. The average molecular weight is 267 g/mol. The lowest BCUT2D eigenvalue weighted by atomic mass is 10.0. The molecule has 2 heterocycles. The lowest BCUT2D eigenvalue weighted by Gasteiger charge is -2.32. The van der Waals surface area contributed by atoms with E-state index in [4.69, 9.17) is 5.73 Å². The van der Waals surface area contributed by atoms with Crippen molar-refractivity contribution in [2.24, 2.45) is 11.7 Å². The van der Waals surface area contributed by atoms with Crippen LogP contribution >= 0.6 is 0 Å². The molecule has 0 spiro atoms. The van der Waals surface area contributed by atoms with Crippen molar-refractivity contribution in [3.05, 3.63) is 0 Å². The highest BCUT2D eigenvalue weighted by Gasteiger charge is 2.40. The third-order valence-corrected chi connectivity index (χ3v) is 4.75. The number of carbonyl (C=O) groups is 1. The molecule has 2 fully saturated rings. The number of nitrogens with two attached hydrogens (primary N) is 1. The Kier molecular flexibility index (Phi) is 4.51. The van der Waals surface area contributed by atoms with Gasteiger partial charge in [-0.1, -0.05) is 13.8 Å². The molecule has 19 heavy (non-hydrogen) atoms. The summed E-state index contributed by atoms with van der Waals surface area (Å²) in [5.41, 5.74) is 6.03. The monoisotopic (exact) mass is 267 g/mol. The van der Waals surface area contributed by atoms with Crippen LogP contribution in [0.1, 0.15) is 47.0 Å². The van der Waals surface area contributed by atoms with Gasteiger partial charge in [0.1, 0.15) is 0 Å². The van der Waals surface area contributed by atoms with Crippen molar-refractivity contribution in [2.75, 3.05) is 13.1 Å². The van der Waals surface area contributed by atoms with Crippen LogP contribution in [0.3, 0.4) is 0 Å². The summed E-state index contributed by atoms with van der Waals surface area (Å²) >= 11 is 0. The van der Waals surface area contributed by atoms with E-state index in [9.17, 15) is 4.79 Å². The van der Waals surface area contributed by atoms with Gasteiger partial charge in [-0.15, -0.1) is 0 Å². The molecule has 2 rings (SSSR count). The van der Waals surface area contributed by atoms with Crippen molar-refractivity contribution in [1.29, 1.82) is 0 Å². The maximum atomic E-state index is 12.4. The SMILES string of the molecule is CC(C)C(N)C(=O)N1CCC2CCC(C1)N2C(C)C. The molecule has 110 valence electrons. The fraction of sp³-hybridized carbons (Fsp3) is 0.933. The maximum absolute atomic E-state index is 12.4. The Labute approximate surface area is 117 Å². The summed E-state index contributed by atoms with van der Waals surface area (Å²) in [5, 5.41) is 0. The van der Waals surface area contributed by atoms with E-state index < -0.39 is 0 Å². The van der Waals surface area contributed by atoms with Crippen LogP contribution in [0.15, 0.2) is 0 Å². The molecule has 0 aromatic heterocycles. The molecule has 3 atom stereocenters. The predicted octanol–water partition coefficient (Wildman–Crippen LogP) is 1.44. The summed E-state index contributed by atoms with van der Waals surface area (Å²) in [7, 11) is 0. The number of likely N-dealkylation sites (tertiary alicyclic amines) is 1. The molecular weight excluding hydrogens is 238 g/mol. The minimum atomic E-state index is -0.343. The van der Waals surface area contributed by atoms with Crippen molar-refractivity contribution in [3.8, 4) is 0 Å². The molecule has 0 radical (unpaired) electrons. The van der Waals surface area contributed by atoms with Crippen LogP contribution in [-0.4, -0.2) is 53.0 Å². The molecule has 2 N–H and O–H groups in total. The standard InChI is InChI=1S/C15H29N3O/c1-10(2)14(16)15(19)17-8-7-12-5-6-13(9-17)18(12)11(3)4/h10-14H,5-9,16H2,1-4H3. The Balaban J connectivity index is 2.06. The number of nitrogens with zero attached hydrogens (tertiary/aromatic N) is 2. The first-order chi connectivity index (χ1) is 8.91. The highest BCUT2D eigenvalue weighted by atomic mass is 16.2. The van der Waals surface area contributed by atoms with Crippen LogP contribution in [0.4, 0.5) is 0 Å². The molecule has 3 unspecified atom stereocenters. The summed E-state index contributed by atoms with van der Waals surface area (Å²) < 4.78 is 0. The second-order valence-electron chi connectivity index (χ2n) is 6.77. The molecule has 2 aliphatic heterocycles. The quantitative estimate of drug-likeness (QED) is 0.842. The van der Waals surface area contributed by atoms with Gasteiger partial charge in [0.15, 0.2) is 0 Å². The van der Waals surface area contributed by atoms with E-state index in [0.29, 0.717) is 18.1 Å². The zero-order chi connectivity index (χ0) is 14.2. The summed E-state index contributed by atoms with van der Waals surface area (Å²) in [4.78, 5) is 17.1. The number of hydrogen-bond acceptors (Lipinski definition) is 3. The second kappa shape index (κ2) is 5.80. The summed E-state index contributed by atoms with van der Waals surface area (Å²) in [6, 6.07) is 1.43. The van der Waals surface area contributed by atoms with E-state index >= 15 is 0 Å². The normalized spacial score (nSPS) is 29.9. The van der Waals surface area contributed by atoms with Crippen LogP contribution in [0.25, 0.3) is 0 Å². The fourth-order valence-corrected chi connectivity index (χ4v) is 3.65. The van der Waals surface area contributed by atoms with E-state index in [1.165, 1.54) is 12.8 Å². The minimum absolute atomic E-state index is 0.145. The smallest absolute Gasteiger partial charge is 0.239 e. The molecule has 2 saturated heterocycles. The molecular formula is C15H29N3O. The van der Waals surface area contributed by atoms with Gasteiger partial charge in [0.25, 0.3) is 0 Å². The highest BCUT2D eigenvalue weighted by molar-refractivity contribution is 5.82. The van der Waals surface area contributed by atoms with Crippen molar-refractivity contribution < 1.29 is 4.79 Å². The van der Waals surface area contributed by atoms with Crippen LogP contribution in [-0.2, 0) is 4.79 Å². The van der Waals surface area contributed by atoms with Crippen LogP contribution in [0, 0.1) is 5.92 Å². The third-order valence-electron chi connectivity index (χ3n) is 4.75. The second-order valence-corrected chi connectivity index (χ2v) is 6.77. The maximum Gasteiger partial charge on any atom is 0.239 e. The van der Waals surface area contributed by atoms with E-state index in [2.05, 4.69) is 18.7 Å². The zero-order valence-corrected chi connectivity index (χ0v) is 12.8. The van der Waals surface area contributed by atoms with Gasteiger partial charge in [-0.25, -0.2) is 0 Å². The van der Waals surface area contributed by atoms with E-state index in [0.717, 1.165) is 19.5 Å². The van der Waals surface area contributed by atoms with E-state index in [1.807, 2.05) is 18.7 Å². The van der Waals surface area contributed by atoms with Gasteiger partial charge in [0.2, 0.25) is 5.91 Å². The first-order valence-corrected chi connectivity index (χ1v) is 7.73. The van der Waals surface area contributed by atoms with Gasteiger partial charge in [0, 0.05) is 31.2 Å². The first kappa shape index (κ1) is 14.8. The molecule has 0 aromatic rings. The van der Waals surface area contributed by atoms with Gasteiger partial charge in [-0.2, -0.15) is 0 Å². The lowest BCUT2D eigenvalue weighted by molar-refractivity contribution is -0.134. The number of amides is 1. The number of carbonyl (C=O) groups excluding carboxylic acids is 1. The lowest BCUT2D eigenvalue weighted by Crippen LogP contribution is -2.50. The molecule has 0 aliphatic carbocycles. The number of fused-ring (bicyclic) bond motifs is 2. The average Bonchev–Trinajstić information content (AvgIpc) is 2.62. The summed E-state index contributed by atoms with van der Waals surface area (Å²) in [5.74, 6) is 0.361. The Bertz CT molecular complexity index is 329. The summed E-state index contributed by atoms with van der Waals surface area (Å²) in [6.45, 7) is 10.3. The highest BCUT2D eigenvalue weighted by Crippen LogP contribution is 2.32. The van der Waals surface area contributed by atoms with Crippen LogP contribution in [0.2, 0.25) is 0 Å². The number of rotatable bonds is 3. The molecule has 4 heteroatoms. The van der Waals surface area contributed by atoms with Crippen LogP contribution in [0.5, 0.6) is 0 Å². The summed E-state index contributed by atoms with van der Waals surface area (Å²) in [6.07, 6.45) is 3.62. The van der Waals surface area contributed by atoms with Crippen molar-refractivity contribution in [1.82, 2.24) is 9.80 Å². The van der Waals surface area contributed by atoms with E-state index in [1.54, 1.807) is 0 Å². The van der Waals surface area contributed by atoms with Gasteiger partial charge < -0.3 is 10.6 Å². The van der Waals surface area contributed by atoms with Gasteiger partial charge >= 0.3 is 0 Å². The molecule has 2 bridgehead atoms. The van der Waals surface area contributed by atoms with Crippen molar-refractivity contribution in [3.63, 3.8) is 0 Å². The van der Waals surface area contributed by atoms with Crippen molar-refractivity contribution in [2.45, 2.75) is 71.1 Å². The van der Waals surface area contributed by atoms with Crippen LogP contribution < -0.4 is 5.73 Å². The topological polar surface area (TPSA) is 49.6 Å². The Morgan fingerprint density at radius 1 is 1.11 bits per heavy atom. The molecule has 2 aliphatic rings. The third kappa shape index (κ3) is 2.95. The predicted molar refractivity (Wildman–Crippen MR) is 77.8 cm³/mol. The van der Waals surface area contributed by atoms with Gasteiger partial charge in [0.05, 0.1) is 6.04 Å². The zero-order valence-electron chi connectivity index (χ0n) is 12.8. The first-order valence-electron chi connectivity index (χ1n) is 7.73. The molecule has 4 nitrogen and oxygen atoms in total. The minimum Gasteiger partial charge on any atom is -0.340 e. The Morgan fingerprint density at radius 2 is 1.74 bits per heavy atom.